The highest BCUT2D eigenvalue weighted by atomic mass is 16.5. The summed E-state index contributed by atoms with van der Waals surface area (Å²) in [6.45, 7) is 3.15. The molecule has 0 aliphatic carbocycles. The molecule has 0 heterocycles. The highest BCUT2D eigenvalue weighted by Crippen LogP contribution is 2.07. The van der Waals surface area contributed by atoms with Crippen LogP contribution in [0.2, 0.25) is 0 Å². The van der Waals surface area contributed by atoms with Crippen molar-refractivity contribution in [3.63, 3.8) is 0 Å². The molecule has 0 unspecified atom stereocenters. The van der Waals surface area contributed by atoms with Gasteiger partial charge in [-0.2, -0.15) is 0 Å². The van der Waals surface area contributed by atoms with Gasteiger partial charge < -0.3 is 19.7 Å². The molecule has 0 rings (SSSR count). The van der Waals surface area contributed by atoms with Gasteiger partial charge in [-0.05, 0) is 13.8 Å². The van der Waals surface area contributed by atoms with Crippen molar-refractivity contribution in [2.45, 2.75) is 20.0 Å². The fraction of sp³-hybridized carbons (Fsp3) is 0.636. The van der Waals surface area contributed by atoms with Crippen molar-refractivity contribution in [1.29, 1.82) is 0 Å². The number of aliphatic hydroxyl groups excluding tert-OH is 2. The van der Waals surface area contributed by atoms with E-state index in [1.807, 2.05) is 0 Å². The number of hydrogen-bond acceptors (Lipinski definition) is 6. The molecule has 0 aromatic heterocycles. The van der Waals surface area contributed by atoms with Crippen LogP contribution in [-0.2, 0) is 19.1 Å². The van der Waals surface area contributed by atoms with Crippen molar-refractivity contribution in [2.75, 3.05) is 19.8 Å². The van der Waals surface area contributed by atoms with E-state index in [4.69, 9.17) is 5.11 Å². The molecule has 0 amide bonds. The third-order valence-corrected chi connectivity index (χ3v) is 1.91. The predicted molar refractivity (Wildman–Crippen MR) is 59.0 cm³/mol. The van der Waals surface area contributed by atoms with Gasteiger partial charge in [0.2, 0.25) is 0 Å². The maximum Gasteiger partial charge on any atom is 0.335 e. The third kappa shape index (κ3) is 6.03. The monoisotopic (exact) mass is 246 g/mol. The van der Waals surface area contributed by atoms with Gasteiger partial charge in [-0.15, -0.1) is 0 Å². The molecular weight excluding hydrogens is 228 g/mol. The second-order valence-corrected chi connectivity index (χ2v) is 3.15. The maximum atomic E-state index is 11.2. The van der Waals surface area contributed by atoms with E-state index < -0.39 is 30.6 Å². The Balaban J connectivity index is 4.41. The molecule has 0 aliphatic rings. The zero-order valence-electron chi connectivity index (χ0n) is 9.96. The van der Waals surface area contributed by atoms with E-state index in [0.717, 1.165) is 6.08 Å². The molecule has 0 aliphatic heterocycles. The summed E-state index contributed by atoms with van der Waals surface area (Å²) in [4.78, 5) is 22.2. The Labute approximate surface area is 99.8 Å². The minimum absolute atomic E-state index is 0.135. The van der Waals surface area contributed by atoms with Gasteiger partial charge in [0.1, 0.15) is 0 Å². The summed E-state index contributed by atoms with van der Waals surface area (Å²) in [6.07, 6.45) is 0.789. The van der Waals surface area contributed by atoms with Gasteiger partial charge in [0.05, 0.1) is 19.8 Å². The van der Waals surface area contributed by atoms with Gasteiger partial charge in [-0.1, -0.05) is 6.08 Å². The number of esters is 2. The van der Waals surface area contributed by atoms with E-state index in [1.54, 1.807) is 13.8 Å². The fourth-order valence-corrected chi connectivity index (χ4v) is 1.06. The number of rotatable bonds is 7. The molecule has 0 saturated heterocycles. The average molecular weight is 246 g/mol. The lowest BCUT2D eigenvalue weighted by molar-refractivity contribution is -0.155. The SMILES string of the molecule is CCOC(=O)/C=C/[C@@H](CO)[C@@H](O)C(=O)OCC. The smallest absolute Gasteiger partial charge is 0.335 e. The van der Waals surface area contributed by atoms with Crippen molar-refractivity contribution in [1.82, 2.24) is 0 Å². The Morgan fingerprint density at radius 2 is 1.82 bits per heavy atom. The molecule has 0 fully saturated rings. The molecule has 0 aromatic carbocycles. The summed E-state index contributed by atoms with van der Waals surface area (Å²) >= 11 is 0. The molecular formula is C11H18O6. The van der Waals surface area contributed by atoms with E-state index in [1.165, 1.54) is 6.08 Å². The molecule has 6 heteroatoms. The molecule has 6 nitrogen and oxygen atoms in total. The van der Waals surface area contributed by atoms with Gasteiger partial charge in [0.15, 0.2) is 6.10 Å². The highest BCUT2D eigenvalue weighted by molar-refractivity contribution is 5.82. The van der Waals surface area contributed by atoms with Crippen LogP contribution >= 0.6 is 0 Å². The minimum Gasteiger partial charge on any atom is -0.464 e. The number of aliphatic hydroxyl groups is 2. The molecule has 98 valence electrons. The van der Waals surface area contributed by atoms with E-state index in [-0.39, 0.29) is 13.2 Å². The zero-order valence-corrected chi connectivity index (χ0v) is 9.96. The largest absolute Gasteiger partial charge is 0.464 e. The fourth-order valence-electron chi connectivity index (χ4n) is 1.06. The predicted octanol–water partition coefficient (Wildman–Crippen LogP) is -0.362. The van der Waals surface area contributed by atoms with Crippen LogP contribution in [-0.4, -0.2) is 48.1 Å². The Kier molecular flexibility index (Phi) is 8.00. The molecule has 0 saturated carbocycles. The normalized spacial score (nSPS) is 14.4. The first-order valence-corrected chi connectivity index (χ1v) is 5.37. The summed E-state index contributed by atoms with van der Waals surface area (Å²) in [5.74, 6) is -2.32. The minimum atomic E-state index is -1.49. The third-order valence-electron chi connectivity index (χ3n) is 1.91. The second-order valence-electron chi connectivity index (χ2n) is 3.15. The molecule has 0 bridgehead atoms. The topological polar surface area (TPSA) is 93.1 Å². The van der Waals surface area contributed by atoms with Crippen LogP contribution in [0.5, 0.6) is 0 Å². The Bertz CT molecular complexity index is 273. The van der Waals surface area contributed by atoms with Crippen molar-refractivity contribution in [3.8, 4) is 0 Å². The lowest BCUT2D eigenvalue weighted by atomic mass is 10.0. The molecule has 2 atom stereocenters. The van der Waals surface area contributed by atoms with Crippen LogP contribution in [0, 0.1) is 5.92 Å². The summed E-state index contributed by atoms with van der Waals surface area (Å²) in [6, 6.07) is 0. The van der Waals surface area contributed by atoms with Crippen LogP contribution < -0.4 is 0 Å². The van der Waals surface area contributed by atoms with Crippen molar-refractivity contribution < 1.29 is 29.3 Å². The zero-order chi connectivity index (χ0) is 13.3. The van der Waals surface area contributed by atoms with Crippen molar-refractivity contribution in [2.24, 2.45) is 5.92 Å². The lowest BCUT2D eigenvalue weighted by Crippen LogP contribution is -2.32. The quantitative estimate of drug-likeness (QED) is 0.470. The van der Waals surface area contributed by atoms with Gasteiger partial charge in [0.25, 0.3) is 0 Å². The molecule has 0 spiro atoms. The first-order valence-electron chi connectivity index (χ1n) is 5.37. The van der Waals surface area contributed by atoms with Crippen LogP contribution in [0.3, 0.4) is 0 Å². The number of ether oxygens (including phenoxy) is 2. The van der Waals surface area contributed by atoms with E-state index in [2.05, 4.69) is 9.47 Å². The number of carbonyl (C=O) groups excluding carboxylic acids is 2. The average Bonchev–Trinajstić information content (AvgIpc) is 2.30. The summed E-state index contributed by atoms with van der Waals surface area (Å²) in [7, 11) is 0. The molecule has 17 heavy (non-hydrogen) atoms. The Morgan fingerprint density at radius 1 is 1.24 bits per heavy atom. The van der Waals surface area contributed by atoms with Gasteiger partial charge in [-0.3, -0.25) is 0 Å². The molecule has 0 radical (unpaired) electrons. The van der Waals surface area contributed by atoms with Crippen LogP contribution in [0.15, 0.2) is 12.2 Å². The van der Waals surface area contributed by atoms with Gasteiger partial charge >= 0.3 is 11.9 Å². The van der Waals surface area contributed by atoms with E-state index in [0.29, 0.717) is 0 Å². The number of hydrogen-bond donors (Lipinski definition) is 2. The number of carbonyl (C=O) groups is 2. The molecule has 0 aromatic rings. The van der Waals surface area contributed by atoms with Gasteiger partial charge in [-0.25, -0.2) is 9.59 Å². The standard InChI is InChI=1S/C11H18O6/c1-3-16-9(13)6-5-8(7-12)10(14)11(15)17-4-2/h5-6,8,10,12,14H,3-4,7H2,1-2H3/b6-5+/t8-,10+/m0/s1. The maximum absolute atomic E-state index is 11.2. The van der Waals surface area contributed by atoms with Crippen molar-refractivity contribution >= 4 is 11.9 Å². The highest BCUT2D eigenvalue weighted by Gasteiger charge is 2.24. The Morgan fingerprint density at radius 3 is 2.29 bits per heavy atom. The summed E-state index contributed by atoms with van der Waals surface area (Å²) in [5, 5.41) is 18.5. The van der Waals surface area contributed by atoms with E-state index in [9.17, 15) is 14.7 Å². The Hall–Kier alpha value is -1.40. The lowest BCUT2D eigenvalue weighted by Gasteiger charge is -2.15. The summed E-state index contributed by atoms with van der Waals surface area (Å²) in [5.41, 5.74) is 0. The first kappa shape index (κ1) is 15.6. The van der Waals surface area contributed by atoms with Crippen LogP contribution in [0.4, 0.5) is 0 Å². The first-order chi connectivity index (χ1) is 8.06. The summed E-state index contributed by atoms with van der Waals surface area (Å²) < 4.78 is 9.21. The second kappa shape index (κ2) is 8.72. The van der Waals surface area contributed by atoms with Crippen molar-refractivity contribution in [3.05, 3.63) is 12.2 Å². The van der Waals surface area contributed by atoms with E-state index >= 15 is 0 Å². The molecule has 2 N–H and O–H groups in total. The van der Waals surface area contributed by atoms with Crippen LogP contribution in [0.25, 0.3) is 0 Å². The van der Waals surface area contributed by atoms with Crippen LogP contribution in [0.1, 0.15) is 13.8 Å². The van der Waals surface area contributed by atoms with Gasteiger partial charge in [0, 0.05) is 12.0 Å².